The molecular formula is C17H22N2O3. The van der Waals surface area contributed by atoms with Crippen LogP contribution in [0.1, 0.15) is 66.9 Å². The lowest BCUT2D eigenvalue weighted by molar-refractivity contribution is -0.137. The van der Waals surface area contributed by atoms with Gasteiger partial charge in [0, 0.05) is 25.2 Å². The van der Waals surface area contributed by atoms with Crippen LogP contribution in [0.5, 0.6) is 0 Å². The molecule has 1 amide bonds. The van der Waals surface area contributed by atoms with Crippen molar-refractivity contribution in [2.24, 2.45) is 0 Å². The Labute approximate surface area is 130 Å². The van der Waals surface area contributed by atoms with Gasteiger partial charge < -0.3 is 10.0 Å². The van der Waals surface area contributed by atoms with Gasteiger partial charge >= 0.3 is 5.97 Å². The van der Waals surface area contributed by atoms with Crippen LogP contribution in [-0.4, -0.2) is 39.5 Å². The van der Waals surface area contributed by atoms with Gasteiger partial charge in [-0.05, 0) is 56.1 Å². The number of aromatic nitrogens is 1. The number of hydrogen-bond acceptors (Lipinski definition) is 3. The number of carboxylic acids is 1. The van der Waals surface area contributed by atoms with E-state index in [1.54, 1.807) is 0 Å². The maximum atomic E-state index is 12.7. The SMILES string of the molecule is O=C(O)CCC1CCCCN1C(=O)c1ccc(C2CC2)cn1. The molecule has 2 aliphatic rings. The highest BCUT2D eigenvalue weighted by molar-refractivity contribution is 5.92. The molecule has 1 saturated heterocycles. The van der Waals surface area contributed by atoms with E-state index in [-0.39, 0.29) is 18.4 Å². The number of aliphatic carboxylic acids is 1. The minimum Gasteiger partial charge on any atom is -0.481 e. The number of rotatable bonds is 5. The van der Waals surface area contributed by atoms with E-state index < -0.39 is 5.97 Å². The molecule has 1 aromatic heterocycles. The number of amides is 1. The monoisotopic (exact) mass is 302 g/mol. The summed E-state index contributed by atoms with van der Waals surface area (Å²) in [6.45, 7) is 0.704. The quantitative estimate of drug-likeness (QED) is 0.908. The third-order valence-electron chi connectivity index (χ3n) is 4.63. The minimum absolute atomic E-state index is 0.0299. The Balaban J connectivity index is 1.68. The summed E-state index contributed by atoms with van der Waals surface area (Å²) in [4.78, 5) is 29.6. The summed E-state index contributed by atoms with van der Waals surface area (Å²) < 4.78 is 0. The molecule has 0 radical (unpaired) electrons. The highest BCUT2D eigenvalue weighted by Gasteiger charge is 2.29. The van der Waals surface area contributed by atoms with Gasteiger partial charge in [-0.25, -0.2) is 0 Å². The standard InChI is InChI=1S/C17H22N2O3/c20-16(21)9-7-14-3-1-2-10-19(14)17(22)15-8-6-13(11-18-15)12-4-5-12/h6,8,11-12,14H,1-5,7,9-10H2,(H,20,21). The van der Waals surface area contributed by atoms with Gasteiger partial charge in [0.2, 0.25) is 0 Å². The summed E-state index contributed by atoms with van der Waals surface area (Å²) >= 11 is 0. The predicted octanol–water partition coefficient (Wildman–Crippen LogP) is 2.82. The molecule has 1 aromatic rings. The summed E-state index contributed by atoms with van der Waals surface area (Å²) in [5, 5.41) is 8.86. The van der Waals surface area contributed by atoms with Crippen molar-refractivity contribution in [2.45, 2.75) is 56.9 Å². The zero-order valence-electron chi connectivity index (χ0n) is 12.7. The van der Waals surface area contributed by atoms with E-state index in [1.165, 1.54) is 18.4 Å². The Bertz CT molecular complexity index is 552. The fourth-order valence-electron chi connectivity index (χ4n) is 3.20. The first kappa shape index (κ1) is 15.0. The van der Waals surface area contributed by atoms with Gasteiger partial charge in [-0.3, -0.25) is 14.6 Å². The Hall–Kier alpha value is -1.91. The number of likely N-dealkylation sites (tertiary alicyclic amines) is 1. The van der Waals surface area contributed by atoms with Crippen molar-refractivity contribution in [3.63, 3.8) is 0 Å². The Morgan fingerprint density at radius 1 is 1.23 bits per heavy atom. The lowest BCUT2D eigenvalue weighted by Crippen LogP contribution is -2.44. The van der Waals surface area contributed by atoms with Gasteiger partial charge in [-0.1, -0.05) is 6.07 Å². The first-order valence-corrected chi connectivity index (χ1v) is 8.14. The molecule has 1 N–H and O–H groups in total. The van der Waals surface area contributed by atoms with Crippen LogP contribution in [0.3, 0.4) is 0 Å². The highest BCUT2D eigenvalue weighted by Crippen LogP contribution is 2.39. The van der Waals surface area contributed by atoms with Gasteiger partial charge in [-0.2, -0.15) is 0 Å². The van der Waals surface area contributed by atoms with Crippen molar-refractivity contribution < 1.29 is 14.7 Å². The predicted molar refractivity (Wildman–Crippen MR) is 81.8 cm³/mol. The van der Waals surface area contributed by atoms with Gasteiger partial charge in [-0.15, -0.1) is 0 Å². The smallest absolute Gasteiger partial charge is 0.303 e. The van der Waals surface area contributed by atoms with E-state index in [0.717, 1.165) is 19.3 Å². The van der Waals surface area contributed by atoms with Crippen LogP contribution in [0.15, 0.2) is 18.3 Å². The summed E-state index contributed by atoms with van der Waals surface area (Å²) in [5.74, 6) is -0.225. The molecule has 1 aliphatic carbocycles. The zero-order valence-corrected chi connectivity index (χ0v) is 12.7. The van der Waals surface area contributed by atoms with Crippen molar-refractivity contribution in [3.8, 4) is 0 Å². The summed E-state index contributed by atoms with van der Waals surface area (Å²) in [6, 6.07) is 3.86. The lowest BCUT2D eigenvalue weighted by atomic mass is 9.97. The second kappa shape index (κ2) is 6.46. The van der Waals surface area contributed by atoms with E-state index in [9.17, 15) is 9.59 Å². The molecule has 1 atom stereocenters. The fourth-order valence-corrected chi connectivity index (χ4v) is 3.20. The van der Waals surface area contributed by atoms with Crippen LogP contribution in [-0.2, 0) is 4.79 Å². The molecule has 22 heavy (non-hydrogen) atoms. The van der Waals surface area contributed by atoms with Gasteiger partial charge in [0.05, 0.1) is 0 Å². The van der Waals surface area contributed by atoms with Crippen molar-refractivity contribution in [3.05, 3.63) is 29.6 Å². The third-order valence-corrected chi connectivity index (χ3v) is 4.63. The Morgan fingerprint density at radius 3 is 2.68 bits per heavy atom. The molecule has 1 unspecified atom stereocenters. The van der Waals surface area contributed by atoms with Crippen molar-refractivity contribution in [1.29, 1.82) is 0 Å². The number of carbonyl (C=O) groups excluding carboxylic acids is 1. The van der Waals surface area contributed by atoms with Crippen LogP contribution in [0, 0.1) is 0 Å². The highest BCUT2D eigenvalue weighted by atomic mass is 16.4. The van der Waals surface area contributed by atoms with Crippen LogP contribution in [0.4, 0.5) is 0 Å². The van der Waals surface area contributed by atoms with E-state index >= 15 is 0 Å². The Morgan fingerprint density at radius 2 is 2.05 bits per heavy atom. The van der Waals surface area contributed by atoms with E-state index in [1.807, 2.05) is 23.2 Å². The normalized spacial score (nSPS) is 21.6. The number of carboxylic acid groups (broad SMARTS) is 1. The minimum atomic E-state index is -0.801. The van der Waals surface area contributed by atoms with Gasteiger partial charge in [0.15, 0.2) is 0 Å². The molecule has 2 fully saturated rings. The maximum absolute atomic E-state index is 12.7. The average molecular weight is 302 g/mol. The Kier molecular flexibility index (Phi) is 4.41. The van der Waals surface area contributed by atoms with E-state index in [4.69, 9.17) is 5.11 Å². The van der Waals surface area contributed by atoms with Crippen LogP contribution in [0.25, 0.3) is 0 Å². The first-order valence-electron chi connectivity index (χ1n) is 8.14. The molecule has 0 aromatic carbocycles. The van der Waals surface area contributed by atoms with Gasteiger partial charge in [0.25, 0.3) is 5.91 Å². The van der Waals surface area contributed by atoms with Crippen molar-refractivity contribution in [1.82, 2.24) is 9.88 Å². The molecule has 3 rings (SSSR count). The van der Waals surface area contributed by atoms with E-state index in [0.29, 0.717) is 24.6 Å². The lowest BCUT2D eigenvalue weighted by Gasteiger charge is -2.35. The fraction of sp³-hybridized carbons (Fsp3) is 0.588. The second-order valence-corrected chi connectivity index (χ2v) is 6.33. The molecule has 0 bridgehead atoms. The van der Waals surface area contributed by atoms with Crippen molar-refractivity contribution >= 4 is 11.9 Å². The van der Waals surface area contributed by atoms with Gasteiger partial charge in [0.1, 0.15) is 5.69 Å². The summed E-state index contributed by atoms with van der Waals surface area (Å²) in [6.07, 6.45) is 7.83. The van der Waals surface area contributed by atoms with E-state index in [2.05, 4.69) is 4.98 Å². The van der Waals surface area contributed by atoms with Crippen LogP contribution in [0.2, 0.25) is 0 Å². The molecule has 118 valence electrons. The van der Waals surface area contributed by atoms with Crippen molar-refractivity contribution in [2.75, 3.05) is 6.54 Å². The summed E-state index contributed by atoms with van der Waals surface area (Å²) in [5.41, 5.74) is 1.70. The molecule has 1 saturated carbocycles. The number of nitrogens with zero attached hydrogens (tertiary/aromatic N) is 2. The molecule has 2 heterocycles. The molecule has 5 nitrogen and oxygen atoms in total. The number of pyridine rings is 1. The molecule has 1 aliphatic heterocycles. The third kappa shape index (κ3) is 3.46. The summed E-state index contributed by atoms with van der Waals surface area (Å²) in [7, 11) is 0. The number of hydrogen-bond donors (Lipinski definition) is 1. The second-order valence-electron chi connectivity index (χ2n) is 6.33. The zero-order chi connectivity index (χ0) is 15.5. The number of carbonyl (C=O) groups is 2. The maximum Gasteiger partial charge on any atom is 0.303 e. The largest absolute Gasteiger partial charge is 0.481 e. The molecular weight excluding hydrogens is 280 g/mol. The molecule has 0 spiro atoms. The number of piperidine rings is 1. The molecule has 5 heteroatoms. The van der Waals surface area contributed by atoms with Crippen LogP contribution >= 0.6 is 0 Å². The average Bonchev–Trinajstić information content (AvgIpc) is 3.37. The topological polar surface area (TPSA) is 70.5 Å². The first-order chi connectivity index (χ1) is 10.6. The van der Waals surface area contributed by atoms with Crippen LogP contribution < -0.4 is 0 Å².